The highest BCUT2D eigenvalue weighted by molar-refractivity contribution is 5.50. The Kier molecular flexibility index (Phi) is 4.85. The van der Waals surface area contributed by atoms with E-state index in [1.807, 2.05) is 11.0 Å². The maximum atomic E-state index is 13.4. The molecule has 1 N–H and O–H groups in total. The third-order valence-corrected chi connectivity index (χ3v) is 6.42. The van der Waals surface area contributed by atoms with Crippen molar-refractivity contribution < 1.29 is 8.78 Å². The van der Waals surface area contributed by atoms with E-state index < -0.39 is 5.92 Å². The second-order valence-electron chi connectivity index (χ2n) is 8.32. The Morgan fingerprint density at radius 1 is 0.931 bits per heavy atom. The fraction of sp³-hybridized carbons (Fsp3) is 0.650. The quantitative estimate of drug-likeness (QED) is 0.845. The minimum atomic E-state index is -2.54. The number of nitrogens with zero attached hydrogens (tertiary/aromatic N) is 6. The van der Waals surface area contributed by atoms with E-state index in [0.29, 0.717) is 13.1 Å². The monoisotopic (exact) mass is 403 g/mol. The molecule has 0 unspecified atom stereocenters. The van der Waals surface area contributed by atoms with Crippen LogP contribution in [0.15, 0.2) is 12.4 Å². The lowest BCUT2D eigenvalue weighted by molar-refractivity contribution is -0.0221. The van der Waals surface area contributed by atoms with Gasteiger partial charge in [-0.15, -0.1) is 0 Å². The number of piperazine rings is 1. The minimum Gasteiger partial charge on any atom is -0.356 e. The number of hydrogen-bond donors (Lipinski definition) is 1. The number of anilines is 2. The summed E-state index contributed by atoms with van der Waals surface area (Å²) in [5, 5.41) is 7.72. The SMILES string of the molecule is FC1(F)CCN(c2cc(N3CCN(Cc4n[nH]c5c4CCC5)CC3)ncn2)CC1. The van der Waals surface area contributed by atoms with Gasteiger partial charge in [0.2, 0.25) is 0 Å². The van der Waals surface area contributed by atoms with Crippen molar-refractivity contribution in [1.29, 1.82) is 0 Å². The summed E-state index contributed by atoms with van der Waals surface area (Å²) in [7, 11) is 0. The Morgan fingerprint density at radius 3 is 2.34 bits per heavy atom. The Labute approximate surface area is 169 Å². The first kappa shape index (κ1) is 18.7. The molecular formula is C20H27F2N7. The summed E-state index contributed by atoms with van der Waals surface area (Å²) in [4.78, 5) is 15.4. The molecule has 156 valence electrons. The van der Waals surface area contributed by atoms with E-state index in [1.54, 1.807) is 6.33 Å². The van der Waals surface area contributed by atoms with Crippen LogP contribution in [-0.2, 0) is 19.4 Å². The fourth-order valence-electron chi connectivity index (χ4n) is 4.61. The lowest BCUT2D eigenvalue weighted by Gasteiger charge is -2.36. The number of rotatable bonds is 4. The molecule has 9 heteroatoms. The number of piperidine rings is 1. The number of aryl methyl sites for hydroxylation is 1. The Hall–Kier alpha value is -2.29. The minimum absolute atomic E-state index is 0.109. The Balaban J connectivity index is 1.19. The molecule has 0 spiro atoms. The van der Waals surface area contributed by atoms with E-state index in [1.165, 1.54) is 23.4 Å². The Morgan fingerprint density at radius 2 is 1.62 bits per heavy atom. The molecule has 3 aliphatic rings. The van der Waals surface area contributed by atoms with Crippen molar-refractivity contribution in [2.75, 3.05) is 49.1 Å². The van der Waals surface area contributed by atoms with Gasteiger partial charge in [0.05, 0.1) is 5.69 Å². The first-order valence-corrected chi connectivity index (χ1v) is 10.5. The molecule has 0 saturated carbocycles. The number of hydrogen-bond acceptors (Lipinski definition) is 6. The molecule has 0 bridgehead atoms. The summed E-state index contributed by atoms with van der Waals surface area (Å²) in [5.74, 6) is -0.912. The first-order valence-electron chi connectivity index (χ1n) is 10.5. The number of nitrogens with one attached hydrogen (secondary N) is 1. The molecule has 0 radical (unpaired) electrons. The predicted molar refractivity (Wildman–Crippen MR) is 107 cm³/mol. The fourth-order valence-corrected chi connectivity index (χ4v) is 4.61. The first-order chi connectivity index (χ1) is 14.1. The van der Waals surface area contributed by atoms with Crippen LogP contribution < -0.4 is 9.80 Å². The van der Waals surface area contributed by atoms with E-state index in [0.717, 1.165) is 57.2 Å². The number of halogens is 2. The van der Waals surface area contributed by atoms with Crippen molar-refractivity contribution in [1.82, 2.24) is 25.1 Å². The second-order valence-corrected chi connectivity index (χ2v) is 8.32. The summed E-state index contributed by atoms with van der Waals surface area (Å²) in [6, 6.07) is 1.94. The van der Waals surface area contributed by atoms with Crippen molar-refractivity contribution in [3.05, 3.63) is 29.3 Å². The average molecular weight is 403 g/mol. The van der Waals surface area contributed by atoms with Gasteiger partial charge in [0.25, 0.3) is 5.92 Å². The highest BCUT2D eigenvalue weighted by Crippen LogP contribution is 2.30. The van der Waals surface area contributed by atoms with Crippen molar-refractivity contribution in [2.24, 2.45) is 0 Å². The molecule has 4 heterocycles. The number of fused-ring (bicyclic) bond motifs is 1. The summed E-state index contributed by atoms with van der Waals surface area (Å²) >= 11 is 0. The van der Waals surface area contributed by atoms with Crippen LogP contribution in [-0.4, -0.2) is 70.3 Å². The van der Waals surface area contributed by atoms with Crippen molar-refractivity contribution in [3.8, 4) is 0 Å². The molecule has 2 saturated heterocycles. The van der Waals surface area contributed by atoms with Gasteiger partial charge in [0, 0.05) is 70.4 Å². The predicted octanol–water partition coefficient (Wildman–Crippen LogP) is 2.25. The van der Waals surface area contributed by atoms with Gasteiger partial charge in [0.1, 0.15) is 18.0 Å². The van der Waals surface area contributed by atoms with Gasteiger partial charge in [-0.3, -0.25) is 10.00 Å². The van der Waals surface area contributed by atoms with Crippen LogP contribution in [0, 0.1) is 0 Å². The van der Waals surface area contributed by atoms with Gasteiger partial charge in [-0.05, 0) is 24.8 Å². The third-order valence-electron chi connectivity index (χ3n) is 6.42. The molecule has 2 aromatic rings. The molecule has 2 fully saturated rings. The molecule has 0 amide bonds. The second kappa shape index (κ2) is 7.51. The average Bonchev–Trinajstić information content (AvgIpc) is 3.34. The van der Waals surface area contributed by atoms with Crippen molar-refractivity contribution in [3.63, 3.8) is 0 Å². The summed E-state index contributed by atoms with van der Waals surface area (Å²) in [6.07, 6.45) is 4.84. The van der Waals surface area contributed by atoms with Crippen LogP contribution in [0.5, 0.6) is 0 Å². The zero-order chi connectivity index (χ0) is 19.8. The summed E-state index contributed by atoms with van der Waals surface area (Å²) < 4.78 is 26.9. The van der Waals surface area contributed by atoms with Gasteiger partial charge < -0.3 is 9.80 Å². The van der Waals surface area contributed by atoms with Crippen LogP contribution >= 0.6 is 0 Å². The van der Waals surface area contributed by atoms with Gasteiger partial charge in [0.15, 0.2) is 0 Å². The third kappa shape index (κ3) is 3.92. The number of aromatic nitrogens is 4. The number of aromatic amines is 1. The largest absolute Gasteiger partial charge is 0.356 e. The highest BCUT2D eigenvalue weighted by atomic mass is 19.3. The summed E-state index contributed by atoms with van der Waals surface area (Å²) in [6.45, 7) is 5.27. The van der Waals surface area contributed by atoms with Crippen LogP contribution in [0.3, 0.4) is 0 Å². The van der Waals surface area contributed by atoms with E-state index in [2.05, 4.69) is 30.0 Å². The van der Waals surface area contributed by atoms with Crippen LogP contribution in [0.2, 0.25) is 0 Å². The Bertz CT molecular complexity index is 850. The highest BCUT2D eigenvalue weighted by Gasteiger charge is 2.34. The van der Waals surface area contributed by atoms with Crippen molar-refractivity contribution in [2.45, 2.75) is 44.6 Å². The lowest BCUT2D eigenvalue weighted by atomic mass is 10.1. The zero-order valence-electron chi connectivity index (χ0n) is 16.6. The topological polar surface area (TPSA) is 64.2 Å². The van der Waals surface area contributed by atoms with Crippen LogP contribution in [0.25, 0.3) is 0 Å². The molecule has 1 aliphatic carbocycles. The van der Waals surface area contributed by atoms with Crippen LogP contribution in [0.1, 0.15) is 36.2 Å². The lowest BCUT2D eigenvalue weighted by Crippen LogP contribution is -2.46. The zero-order valence-corrected chi connectivity index (χ0v) is 16.6. The van der Waals surface area contributed by atoms with Crippen LogP contribution in [0.4, 0.5) is 20.4 Å². The molecule has 7 nitrogen and oxygen atoms in total. The molecule has 29 heavy (non-hydrogen) atoms. The number of alkyl halides is 2. The number of H-pyrrole nitrogens is 1. The molecule has 2 aromatic heterocycles. The van der Waals surface area contributed by atoms with E-state index in [9.17, 15) is 8.78 Å². The molecule has 0 atom stereocenters. The van der Waals surface area contributed by atoms with Crippen molar-refractivity contribution >= 4 is 11.6 Å². The maximum Gasteiger partial charge on any atom is 0.251 e. The standard InChI is InChI=1S/C20H27F2N7/c21-20(22)4-6-28(7-5-20)18-12-19(24-14-23-18)29-10-8-27(9-11-29)13-17-15-2-1-3-16(15)25-26-17/h12,14H,1-11,13H2,(H,25,26). The molecule has 2 aliphatic heterocycles. The van der Waals surface area contributed by atoms with E-state index in [4.69, 9.17) is 0 Å². The maximum absolute atomic E-state index is 13.4. The van der Waals surface area contributed by atoms with E-state index >= 15 is 0 Å². The van der Waals surface area contributed by atoms with Gasteiger partial charge in [-0.2, -0.15) is 5.10 Å². The smallest absolute Gasteiger partial charge is 0.251 e. The van der Waals surface area contributed by atoms with E-state index in [-0.39, 0.29) is 12.8 Å². The molecular weight excluding hydrogens is 376 g/mol. The van der Waals surface area contributed by atoms with Gasteiger partial charge in [-0.1, -0.05) is 0 Å². The molecule has 5 rings (SSSR count). The molecule has 0 aromatic carbocycles. The van der Waals surface area contributed by atoms with Gasteiger partial charge >= 0.3 is 0 Å². The van der Waals surface area contributed by atoms with Gasteiger partial charge in [-0.25, -0.2) is 18.7 Å². The normalized spacial score (nSPS) is 22.1. The summed E-state index contributed by atoms with van der Waals surface area (Å²) in [5.41, 5.74) is 3.96.